The highest BCUT2D eigenvalue weighted by atomic mass is 16.5. The summed E-state index contributed by atoms with van der Waals surface area (Å²) >= 11 is 0. The van der Waals surface area contributed by atoms with E-state index in [1.807, 2.05) is 19.1 Å². The van der Waals surface area contributed by atoms with Gasteiger partial charge in [-0.05, 0) is 30.4 Å². The number of nitrogens with one attached hydrogen (secondary N) is 1. The van der Waals surface area contributed by atoms with E-state index in [-0.39, 0.29) is 17.8 Å². The summed E-state index contributed by atoms with van der Waals surface area (Å²) in [5.74, 6) is -0.116. The van der Waals surface area contributed by atoms with Gasteiger partial charge in [-0.25, -0.2) is 4.79 Å². The molecule has 0 unspecified atom stereocenters. The summed E-state index contributed by atoms with van der Waals surface area (Å²) in [4.78, 5) is 23.6. The van der Waals surface area contributed by atoms with Gasteiger partial charge in [0, 0.05) is 6.42 Å². The van der Waals surface area contributed by atoms with Crippen molar-refractivity contribution in [1.82, 2.24) is 5.32 Å². The molecule has 1 amide bonds. The normalized spacial score (nSPS) is 19.4. The number of rotatable bonds is 5. The predicted octanol–water partition coefficient (Wildman–Crippen LogP) is 2.42. The zero-order valence-electron chi connectivity index (χ0n) is 12.9. The summed E-state index contributed by atoms with van der Waals surface area (Å²) in [5.41, 5.74) is 2.24. The Morgan fingerprint density at radius 2 is 1.95 bits per heavy atom. The molecule has 0 bridgehead atoms. The quantitative estimate of drug-likeness (QED) is 0.847. The van der Waals surface area contributed by atoms with E-state index < -0.39 is 6.04 Å². The summed E-state index contributed by atoms with van der Waals surface area (Å²) in [5, 5.41) is 2.76. The third kappa shape index (κ3) is 4.06. The lowest BCUT2D eigenvalue weighted by Crippen LogP contribution is -2.40. The maximum absolute atomic E-state index is 12.2. The monoisotopic (exact) mass is 289 g/mol. The van der Waals surface area contributed by atoms with Gasteiger partial charge >= 0.3 is 5.97 Å². The van der Waals surface area contributed by atoms with Gasteiger partial charge in [0.25, 0.3) is 0 Å². The van der Waals surface area contributed by atoms with Crippen molar-refractivity contribution in [2.45, 2.75) is 45.6 Å². The first-order chi connectivity index (χ1) is 9.97. The number of hydrogen-bond donors (Lipinski definition) is 1. The minimum Gasteiger partial charge on any atom is -0.464 e. The van der Waals surface area contributed by atoms with Crippen LogP contribution in [0.2, 0.25) is 0 Å². The van der Waals surface area contributed by atoms with Gasteiger partial charge in [-0.3, -0.25) is 4.79 Å². The largest absolute Gasteiger partial charge is 0.464 e. The molecule has 21 heavy (non-hydrogen) atoms. The van der Waals surface area contributed by atoms with Crippen LogP contribution in [0, 0.1) is 5.92 Å². The number of carbonyl (C=O) groups excluding carboxylic acids is 2. The molecule has 1 aromatic rings. The van der Waals surface area contributed by atoms with E-state index in [0.717, 1.165) is 12.0 Å². The first kappa shape index (κ1) is 15.5. The van der Waals surface area contributed by atoms with Crippen LogP contribution in [0.25, 0.3) is 0 Å². The highest BCUT2D eigenvalue weighted by Crippen LogP contribution is 2.18. The molecule has 1 aliphatic rings. The van der Waals surface area contributed by atoms with E-state index in [9.17, 15) is 9.59 Å². The third-order valence-corrected chi connectivity index (χ3v) is 3.77. The molecule has 1 aliphatic heterocycles. The lowest BCUT2D eigenvalue weighted by Gasteiger charge is -2.15. The molecule has 1 heterocycles. The van der Waals surface area contributed by atoms with Crippen molar-refractivity contribution in [1.29, 1.82) is 0 Å². The van der Waals surface area contributed by atoms with Gasteiger partial charge < -0.3 is 10.1 Å². The summed E-state index contributed by atoms with van der Waals surface area (Å²) in [7, 11) is 0. The maximum atomic E-state index is 12.2. The summed E-state index contributed by atoms with van der Waals surface area (Å²) in [6.07, 6.45) is 1.60. The molecule has 0 aliphatic carbocycles. The van der Waals surface area contributed by atoms with Crippen LogP contribution in [0.5, 0.6) is 0 Å². The molecule has 114 valence electrons. The Balaban J connectivity index is 1.96. The predicted molar refractivity (Wildman–Crippen MR) is 80.9 cm³/mol. The van der Waals surface area contributed by atoms with Gasteiger partial charge in [-0.2, -0.15) is 0 Å². The third-order valence-electron chi connectivity index (χ3n) is 3.77. The molecule has 0 aromatic heterocycles. The number of hydrogen-bond acceptors (Lipinski definition) is 3. The Bertz CT molecular complexity index is 507. The average molecular weight is 289 g/mol. The Morgan fingerprint density at radius 3 is 2.48 bits per heavy atom. The van der Waals surface area contributed by atoms with Crippen LogP contribution >= 0.6 is 0 Å². The fraction of sp³-hybridized carbons (Fsp3) is 0.529. The second-order valence-corrected chi connectivity index (χ2v) is 6.08. The highest BCUT2D eigenvalue weighted by molar-refractivity contribution is 5.88. The van der Waals surface area contributed by atoms with Gasteiger partial charge in [-0.15, -0.1) is 0 Å². The Labute approximate surface area is 125 Å². The second-order valence-electron chi connectivity index (χ2n) is 6.08. The topological polar surface area (TPSA) is 55.4 Å². The molecule has 2 rings (SSSR count). The standard InChI is InChI=1S/C17H23NO3/c1-11(2)10-13-4-6-14(7-5-13)12(3)16(19)18-15-8-9-21-17(15)20/h4-7,11-12,15H,8-10H2,1-3H3,(H,18,19)/t12-,15+/m0/s1. The molecular formula is C17H23NO3. The van der Waals surface area contributed by atoms with Gasteiger partial charge in [0.1, 0.15) is 6.04 Å². The molecule has 2 atom stereocenters. The van der Waals surface area contributed by atoms with E-state index >= 15 is 0 Å². The van der Waals surface area contributed by atoms with Crippen LogP contribution in [0.3, 0.4) is 0 Å². The molecule has 4 nitrogen and oxygen atoms in total. The summed E-state index contributed by atoms with van der Waals surface area (Å²) in [6, 6.07) is 7.65. The van der Waals surface area contributed by atoms with Crippen molar-refractivity contribution < 1.29 is 14.3 Å². The minimum absolute atomic E-state index is 0.129. The first-order valence-corrected chi connectivity index (χ1v) is 7.53. The second kappa shape index (κ2) is 6.74. The number of amides is 1. The van der Waals surface area contributed by atoms with Crippen LogP contribution in [0.4, 0.5) is 0 Å². The summed E-state index contributed by atoms with van der Waals surface area (Å²) in [6.45, 7) is 6.62. The maximum Gasteiger partial charge on any atom is 0.328 e. The SMILES string of the molecule is CC(C)Cc1ccc([C@H](C)C(=O)N[C@@H]2CCOC2=O)cc1. The van der Waals surface area contributed by atoms with Crippen LogP contribution in [-0.4, -0.2) is 24.5 Å². The Kier molecular flexibility index (Phi) is 4.99. The molecule has 1 saturated heterocycles. The average Bonchev–Trinajstić information content (AvgIpc) is 2.83. The zero-order chi connectivity index (χ0) is 15.4. The van der Waals surface area contributed by atoms with Crippen molar-refractivity contribution in [3.63, 3.8) is 0 Å². The van der Waals surface area contributed by atoms with Crippen LogP contribution in [0.1, 0.15) is 44.2 Å². The van der Waals surface area contributed by atoms with E-state index in [1.165, 1.54) is 5.56 Å². The fourth-order valence-electron chi connectivity index (χ4n) is 2.49. The number of esters is 1. The van der Waals surface area contributed by atoms with Crippen LogP contribution in [-0.2, 0) is 20.7 Å². The molecule has 1 fully saturated rings. The molecule has 0 saturated carbocycles. The van der Waals surface area contributed by atoms with Crippen molar-refractivity contribution in [2.75, 3.05) is 6.61 Å². The summed E-state index contributed by atoms with van der Waals surface area (Å²) < 4.78 is 4.85. The van der Waals surface area contributed by atoms with Crippen LogP contribution in [0.15, 0.2) is 24.3 Å². The lowest BCUT2D eigenvalue weighted by molar-refractivity contribution is -0.141. The van der Waals surface area contributed by atoms with E-state index in [0.29, 0.717) is 18.9 Å². The fourth-order valence-corrected chi connectivity index (χ4v) is 2.49. The van der Waals surface area contributed by atoms with Gasteiger partial charge in [0.2, 0.25) is 5.91 Å². The molecular weight excluding hydrogens is 266 g/mol. The van der Waals surface area contributed by atoms with Crippen molar-refractivity contribution in [2.24, 2.45) is 5.92 Å². The Hall–Kier alpha value is -1.84. The molecule has 1 aromatic carbocycles. The number of carbonyl (C=O) groups is 2. The van der Waals surface area contributed by atoms with Gasteiger partial charge in [-0.1, -0.05) is 38.1 Å². The minimum atomic E-state index is -0.486. The van der Waals surface area contributed by atoms with Crippen LogP contribution < -0.4 is 5.32 Å². The number of cyclic esters (lactones) is 1. The van der Waals surface area contributed by atoms with Crippen molar-refractivity contribution in [3.05, 3.63) is 35.4 Å². The van der Waals surface area contributed by atoms with Gasteiger partial charge in [0.05, 0.1) is 12.5 Å². The van der Waals surface area contributed by atoms with Crippen molar-refractivity contribution in [3.8, 4) is 0 Å². The molecule has 0 radical (unpaired) electrons. The van der Waals surface area contributed by atoms with E-state index in [1.54, 1.807) is 0 Å². The Morgan fingerprint density at radius 1 is 1.29 bits per heavy atom. The zero-order valence-corrected chi connectivity index (χ0v) is 12.9. The smallest absolute Gasteiger partial charge is 0.328 e. The lowest BCUT2D eigenvalue weighted by atomic mass is 9.96. The molecule has 0 spiro atoms. The molecule has 4 heteroatoms. The van der Waals surface area contributed by atoms with E-state index in [4.69, 9.17) is 4.74 Å². The number of ether oxygens (including phenoxy) is 1. The highest BCUT2D eigenvalue weighted by Gasteiger charge is 2.29. The number of benzene rings is 1. The first-order valence-electron chi connectivity index (χ1n) is 7.53. The van der Waals surface area contributed by atoms with Crippen molar-refractivity contribution >= 4 is 11.9 Å². The molecule has 1 N–H and O–H groups in total. The van der Waals surface area contributed by atoms with E-state index in [2.05, 4.69) is 31.3 Å². The van der Waals surface area contributed by atoms with Gasteiger partial charge in [0.15, 0.2) is 0 Å².